The highest BCUT2D eigenvalue weighted by atomic mass is 32.1. The Labute approximate surface area is 303 Å². The maximum absolute atomic E-state index is 2.55. The zero-order valence-electron chi connectivity index (χ0n) is 29.9. The summed E-state index contributed by atoms with van der Waals surface area (Å²) >= 11 is 7.84. The van der Waals surface area contributed by atoms with Crippen molar-refractivity contribution in [2.75, 3.05) is 0 Å². The largest absolute Gasteiger partial charge is 0.140 e. The minimum Gasteiger partial charge on any atom is -0.140 e. The van der Waals surface area contributed by atoms with Crippen LogP contribution in [0.1, 0.15) is 111 Å². The Morgan fingerprint density at radius 2 is 0.708 bits per heavy atom. The Hall–Kier alpha value is -3.02. The van der Waals surface area contributed by atoms with Gasteiger partial charge in [-0.15, -0.1) is 45.3 Å². The zero-order chi connectivity index (χ0) is 34.0. The molecule has 0 saturated heterocycles. The fourth-order valence-electron chi connectivity index (χ4n) is 7.32. The lowest BCUT2D eigenvalue weighted by Crippen LogP contribution is -2.02. The highest BCUT2D eigenvalue weighted by Crippen LogP contribution is 2.56. The van der Waals surface area contributed by atoms with Gasteiger partial charge in [0, 0.05) is 60.6 Å². The fraction of sp³-hybridized carbons (Fsp3) is 0.318. The molecule has 0 nitrogen and oxygen atoms in total. The molecule has 48 heavy (non-hydrogen) atoms. The molecule has 0 bridgehead atoms. The summed E-state index contributed by atoms with van der Waals surface area (Å²) in [4.78, 5) is 8.20. The van der Waals surface area contributed by atoms with E-state index in [1.807, 2.05) is 45.3 Å². The van der Waals surface area contributed by atoms with Crippen molar-refractivity contribution in [2.24, 2.45) is 0 Å². The number of hydrogen-bond donors (Lipinski definition) is 0. The number of hydrogen-bond acceptors (Lipinski definition) is 4. The van der Waals surface area contributed by atoms with Crippen molar-refractivity contribution in [2.45, 2.75) is 92.9 Å². The molecule has 0 atom stereocenters. The number of rotatable bonds is 8. The third kappa shape index (κ3) is 5.73. The van der Waals surface area contributed by atoms with Crippen LogP contribution in [-0.4, -0.2) is 0 Å². The third-order valence-electron chi connectivity index (χ3n) is 9.67. The molecule has 4 heteroatoms. The van der Waals surface area contributed by atoms with E-state index in [4.69, 9.17) is 0 Å². The van der Waals surface area contributed by atoms with E-state index < -0.39 is 0 Å². The second-order valence-corrected chi connectivity index (χ2v) is 19.2. The second kappa shape index (κ2) is 13.0. The van der Waals surface area contributed by atoms with Gasteiger partial charge < -0.3 is 0 Å². The van der Waals surface area contributed by atoms with Crippen molar-refractivity contribution in [3.8, 4) is 41.8 Å². The van der Waals surface area contributed by atoms with Gasteiger partial charge in [0.2, 0.25) is 0 Å². The first kappa shape index (κ1) is 33.5. The van der Waals surface area contributed by atoms with Crippen LogP contribution in [0.4, 0.5) is 0 Å². The van der Waals surface area contributed by atoms with Gasteiger partial charge in [-0.05, 0) is 107 Å². The molecule has 0 aliphatic heterocycles. The van der Waals surface area contributed by atoms with Crippen LogP contribution in [0.2, 0.25) is 0 Å². The summed E-state index contributed by atoms with van der Waals surface area (Å²) in [6, 6.07) is 28.4. The molecule has 0 aliphatic carbocycles. The first-order chi connectivity index (χ1) is 22.9. The van der Waals surface area contributed by atoms with Crippen molar-refractivity contribution in [1.29, 1.82) is 0 Å². The van der Waals surface area contributed by atoms with E-state index in [0.29, 0.717) is 23.7 Å². The minimum absolute atomic E-state index is 0.412. The van der Waals surface area contributed by atoms with Gasteiger partial charge in [0.15, 0.2) is 0 Å². The Balaban J connectivity index is 1.75. The Kier molecular flexibility index (Phi) is 9.08. The molecule has 0 amide bonds. The van der Waals surface area contributed by atoms with Crippen LogP contribution in [0.5, 0.6) is 0 Å². The normalized spacial score (nSPS) is 12.3. The predicted octanol–water partition coefficient (Wildman–Crippen LogP) is 16.0. The van der Waals surface area contributed by atoms with Gasteiger partial charge in [-0.2, -0.15) is 0 Å². The molecule has 3 aromatic carbocycles. The minimum atomic E-state index is 0.412. The highest BCUT2D eigenvalue weighted by molar-refractivity contribution is 7.28. The van der Waals surface area contributed by atoms with Gasteiger partial charge in [0.1, 0.15) is 0 Å². The van der Waals surface area contributed by atoms with Gasteiger partial charge in [0.05, 0.1) is 0 Å². The maximum Gasteiger partial charge on any atom is 0.0455 e. The molecule has 0 fully saturated rings. The van der Waals surface area contributed by atoms with Crippen LogP contribution in [0.3, 0.4) is 0 Å². The summed E-state index contributed by atoms with van der Waals surface area (Å²) in [7, 11) is 0. The maximum atomic E-state index is 2.55. The average molecular weight is 703 g/mol. The van der Waals surface area contributed by atoms with Gasteiger partial charge in [-0.1, -0.05) is 91.8 Å². The summed E-state index contributed by atoms with van der Waals surface area (Å²) in [6.45, 7) is 23.4. The first-order valence-electron chi connectivity index (χ1n) is 17.4. The van der Waals surface area contributed by atoms with Crippen LogP contribution in [0.15, 0.2) is 72.8 Å². The van der Waals surface area contributed by atoms with Gasteiger partial charge in [-0.3, -0.25) is 0 Å². The van der Waals surface area contributed by atoms with Crippen LogP contribution in [-0.2, 0) is 0 Å². The topological polar surface area (TPSA) is 0 Å². The molecule has 7 aromatic rings. The lowest BCUT2D eigenvalue weighted by atomic mass is 9.80. The molecule has 0 aliphatic rings. The number of aryl methyl sites for hydroxylation is 2. The van der Waals surface area contributed by atoms with Crippen LogP contribution in [0.25, 0.3) is 61.9 Å². The monoisotopic (exact) mass is 702 g/mol. The van der Waals surface area contributed by atoms with E-state index in [9.17, 15) is 0 Å². The van der Waals surface area contributed by atoms with E-state index in [-0.39, 0.29) is 0 Å². The summed E-state index contributed by atoms with van der Waals surface area (Å²) < 4.78 is 2.85. The van der Waals surface area contributed by atoms with Gasteiger partial charge in [0.25, 0.3) is 0 Å². The quantitative estimate of drug-likeness (QED) is 0.148. The van der Waals surface area contributed by atoms with E-state index in [2.05, 4.69) is 142 Å². The highest BCUT2D eigenvalue weighted by Gasteiger charge is 2.29. The molecule has 0 saturated carbocycles. The molecule has 246 valence electrons. The van der Waals surface area contributed by atoms with Crippen molar-refractivity contribution >= 4 is 65.5 Å². The molecule has 0 unspecified atom stereocenters. The van der Waals surface area contributed by atoms with Crippen LogP contribution < -0.4 is 0 Å². The van der Waals surface area contributed by atoms with E-state index in [1.54, 1.807) is 0 Å². The fourth-order valence-corrected chi connectivity index (χ4v) is 11.7. The summed E-state index contributed by atoms with van der Waals surface area (Å²) in [5.41, 5.74) is 11.6. The van der Waals surface area contributed by atoms with E-state index >= 15 is 0 Å². The lowest BCUT2D eigenvalue weighted by Gasteiger charge is -2.24. The number of benzene rings is 3. The second-order valence-electron chi connectivity index (χ2n) is 14.5. The zero-order valence-corrected chi connectivity index (χ0v) is 33.1. The average Bonchev–Trinajstić information content (AvgIpc) is 3.85. The molecule has 4 heterocycles. The van der Waals surface area contributed by atoms with Crippen molar-refractivity contribution in [1.82, 2.24) is 0 Å². The van der Waals surface area contributed by atoms with Crippen molar-refractivity contribution in [3.63, 3.8) is 0 Å². The van der Waals surface area contributed by atoms with Crippen LogP contribution in [0, 0.1) is 13.8 Å². The van der Waals surface area contributed by atoms with E-state index in [0.717, 1.165) is 0 Å². The summed E-state index contributed by atoms with van der Waals surface area (Å²) in [5.74, 6) is 1.65. The Morgan fingerprint density at radius 3 is 0.979 bits per heavy atom. The molecule has 0 spiro atoms. The molecule has 0 N–H and O–H groups in total. The number of thiophene rings is 4. The van der Waals surface area contributed by atoms with Crippen molar-refractivity contribution in [3.05, 3.63) is 105 Å². The molecule has 4 aromatic heterocycles. The van der Waals surface area contributed by atoms with Crippen LogP contribution >= 0.6 is 45.3 Å². The predicted molar refractivity (Wildman–Crippen MR) is 221 cm³/mol. The molecular formula is C44H46S4. The molecular weight excluding hydrogens is 657 g/mol. The smallest absolute Gasteiger partial charge is 0.0455 e. The number of fused-ring (bicyclic) bond motifs is 2. The summed E-state index contributed by atoms with van der Waals surface area (Å²) in [6.07, 6.45) is 0. The van der Waals surface area contributed by atoms with Crippen molar-refractivity contribution < 1.29 is 0 Å². The SMILES string of the molecule is Cc1ccc(-c2cc3c(-c4c(C(C)C)cccc4C(C)C)c4sc(-c5ccc(C)s5)cc4c(-c4c(C(C)C)cccc4C(C)C)c3s2)s1. The molecule has 0 radical (unpaired) electrons. The molecule has 7 rings (SSSR count). The standard InChI is InChI=1S/C44H46S4/c1-23(2)29-13-11-14-30(24(3)4)39(29)41-33-21-37(35-19-17-27(9)45-35)48-44(33)42(40-31(25(5)6)15-12-16-32(40)26(7)8)34-22-38(47-43(34)41)36-20-18-28(10)46-36/h11-26H,1-10H3. The van der Waals surface area contributed by atoms with E-state index in [1.165, 1.54) is 93.9 Å². The Morgan fingerprint density at radius 1 is 0.375 bits per heavy atom. The lowest BCUT2D eigenvalue weighted by molar-refractivity contribution is 0.838. The van der Waals surface area contributed by atoms with Gasteiger partial charge in [-0.25, -0.2) is 0 Å². The Bertz CT molecular complexity index is 2010. The van der Waals surface area contributed by atoms with Gasteiger partial charge >= 0.3 is 0 Å². The summed E-state index contributed by atoms with van der Waals surface area (Å²) in [5, 5.41) is 2.81. The first-order valence-corrected chi connectivity index (χ1v) is 20.6. The third-order valence-corrected chi connectivity index (χ3v) is 14.4.